The van der Waals surface area contributed by atoms with Crippen LogP contribution in [-0.4, -0.2) is 46.0 Å². The normalized spacial score (nSPS) is 15.9. The summed E-state index contributed by atoms with van der Waals surface area (Å²) in [5.41, 5.74) is 0.600. The average Bonchev–Trinajstić information content (AvgIpc) is 3.13. The van der Waals surface area contributed by atoms with Crippen LogP contribution in [0.15, 0.2) is 52.1 Å². The second kappa shape index (κ2) is 8.70. The Hall–Kier alpha value is -3.88. The molecular formula is C23H24N4O5. The van der Waals surface area contributed by atoms with Gasteiger partial charge in [0, 0.05) is 25.2 Å². The number of nitrogens with one attached hydrogen (secondary N) is 2. The van der Waals surface area contributed by atoms with E-state index >= 15 is 0 Å². The number of ether oxygens (including phenoxy) is 1. The molecule has 1 fully saturated rings. The molecule has 4 rings (SSSR count). The van der Waals surface area contributed by atoms with Crippen molar-refractivity contribution >= 4 is 22.7 Å². The molecule has 0 spiro atoms. The van der Waals surface area contributed by atoms with Crippen molar-refractivity contribution < 1.29 is 14.3 Å². The topological polar surface area (TPSA) is 114 Å². The van der Waals surface area contributed by atoms with Gasteiger partial charge in [0.2, 0.25) is 5.91 Å². The van der Waals surface area contributed by atoms with Crippen LogP contribution in [-0.2, 0) is 17.9 Å². The summed E-state index contributed by atoms with van der Waals surface area (Å²) >= 11 is 0. The highest BCUT2D eigenvalue weighted by molar-refractivity contribution is 6.00. The van der Waals surface area contributed by atoms with Crippen LogP contribution in [0.25, 0.3) is 10.9 Å². The van der Waals surface area contributed by atoms with Crippen molar-refractivity contribution in [3.05, 3.63) is 74.4 Å². The zero-order valence-corrected chi connectivity index (χ0v) is 17.9. The molecule has 0 aliphatic carbocycles. The molecule has 1 atom stereocenters. The molecule has 1 aliphatic rings. The summed E-state index contributed by atoms with van der Waals surface area (Å²) in [6.07, 6.45) is 0.506. The summed E-state index contributed by atoms with van der Waals surface area (Å²) in [6.45, 7) is 2.96. The van der Waals surface area contributed by atoms with Gasteiger partial charge >= 0.3 is 5.69 Å². The van der Waals surface area contributed by atoms with E-state index in [-0.39, 0.29) is 23.5 Å². The SMILES string of the molecule is CCn1c(=O)[nH]c2cc(C(=O)NC3CCN(Cc4ccc(OC)cc4)C3=O)ccc2c1=O. The van der Waals surface area contributed by atoms with E-state index in [1.54, 1.807) is 18.9 Å². The Labute approximate surface area is 183 Å². The molecule has 2 N–H and O–H groups in total. The highest BCUT2D eigenvalue weighted by Crippen LogP contribution is 2.18. The zero-order chi connectivity index (χ0) is 22.8. The number of rotatable bonds is 6. The van der Waals surface area contributed by atoms with Crippen molar-refractivity contribution in [3.63, 3.8) is 0 Å². The number of carbonyl (C=O) groups excluding carboxylic acids is 2. The van der Waals surface area contributed by atoms with E-state index < -0.39 is 23.2 Å². The molecule has 9 nitrogen and oxygen atoms in total. The monoisotopic (exact) mass is 436 g/mol. The Morgan fingerprint density at radius 2 is 1.91 bits per heavy atom. The number of H-pyrrole nitrogens is 1. The third kappa shape index (κ3) is 4.01. The molecule has 1 aliphatic heterocycles. The first-order valence-corrected chi connectivity index (χ1v) is 10.4. The van der Waals surface area contributed by atoms with Gasteiger partial charge in [-0.05, 0) is 49.2 Å². The highest BCUT2D eigenvalue weighted by atomic mass is 16.5. The maximum atomic E-state index is 12.8. The van der Waals surface area contributed by atoms with E-state index in [2.05, 4.69) is 10.3 Å². The van der Waals surface area contributed by atoms with Crippen molar-refractivity contribution in [1.29, 1.82) is 0 Å². The standard InChI is InChI=1S/C23H24N4O5/c1-3-27-21(29)17-9-6-15(12-19(17)25-23(27)31)20(28)24-18-10-11-26(22(18)30)13-14-4-7-16(32-2)8-5-14/h4-9,12,18H,3,10-11,13H2,1-2H3,(H,24,28)(H,25,31). The van der Waals surface area contributed by atoms with E-state index in [0.29, 0.717) is 24.9 Å². The molecular weight excluding hydrogens is 412 g/mol. The van der Waals surface area contributed by atoms with Crippen molar-refractivity contribution in [2.75, 3.05) is 13.7 Å². The Kier molecular flexibility index (Phi) is 5.81. The molecule has 166 valence electrons. The smallest absolute Gasteiger partial charge is 0.328 e. The molecule has 2 heterocycles. The lowest BCUT2D eigenvalue weighted by Crippen LogP contribution is -2.41. The van der Waals surface area contributed by atoms with Crippen molar-refractivity contribution in [2.24, 2.45) is 0 Å². The third-order valence-corrected chi connectivity index (χ3v) is 5.70. The van der Waals surface area contributed by atoms with Gasteiger partial charge < -0.3 is 19.9 Å². The van der Waals surface area contributed by atoms with E-state index in [1.807, 2.05) is 24.3 Å². The van der Waals surface area contributed by atoms with Crippen LogP contribution in [0.1, 0.15) is 29.3 Å². The Balaban J connectivity index is 1.46. The number of benzene rings is 2. The number of methoxy groups -OCH3 is 1. The van der Waals surface area contributed by atoms with Gasteiger partial charge in [0.25, 0.3) is 11.5 Å². The quantitative estimate of drug-likeness (QED) is 0.604. The minimum atomic E-state index is -0.622. The first kappa shape index (κ1) is 21.4. The second-order valence-electron chi connectivity index (χ2n) is 7.66. The summed E-state index contributed by atoms with van der Waals surface area (Å²) in [5, 5.41) is 3.09. The van der Waals surface area contributed by atoms with Crippen molar-refractivity contribution in [1.82, 2.24) is 19.8 Å². The van der Waals surface area contributed by atoms with E-state index in [9.17, 15) is 19.2 Å². The number of carbonyl (C=O) groups is 2. The van der Waals surface area contributed by atoms with Crippen LogP contribution in [0.4, 0.5) is 0 Å². The van der Waals surface area contributed by atoms with E-state index in [1.165, 1.54) is 18.2 Å². The number of likely N-dealkylation sites (tertiary alicyclic amines) is 1. The summed E-state index contributed by atoms with van der Waals surface area (Å²) in [4.78, 5) is 54.3. The van der Waals surface area contributed by atoms with Crippen LogP contribution < -0.4 is 21.3 Å². The lowest BCUT2D eigenvalue weighted by atomic mass is 10.1. The first-order chi connectivity index (χ1) is 15.4. The number of hydrogen-bond donors (Lipinski definition) is 2. The average molecular weight is 436 g/mol. The minimum Gasteiger partial charge on any atom is -0.497 e. The molecule has 1 unspecified atom stereocenters. The Bertz CT molecular complexity index is 1290. The van der Waals surface area contributed by atoms with Crippen LogP contribution >= 0.6 is 0 Å². The van der Waals surface area contributed by atoms with Gasteiger partial charge in [-0.25, -0.2) is 4.79 Å². The fourth-order valence-corrected chi connectivity index (χ4v) is 3.91. The molecule has 0 bridgehead atoms. The molecule has 2 aromatic carbocycles. The number of aromatic amines is 1. The molecule has 1 aromatic heterocycles. The number of amides is 2. The molecule has 0 radical (unpaired) electrons. The lowest BCUT2D eigenvalue weighted by molar-refractivity contribution is -0.129. The second-order valence-corrected chi connectivity index (χ2v) is 7.66. The predicted molar refractivity (Wildman–Crippen MR) is 119 cm³/mol. The van der Waals surface area contributed by atoms with Gasteiger partial charge in [0.05, 0.1) is 18.0 Å². The van der Waals surface area contributed by atoms with E-state index in [4.69, 9.17) is 4.74 Å². The maximum absolute atomic E-state index is 12.8. The van der Waals surface area contributed by atoms with Gasteiger partial charge in [0.15, 0.2) is 0 Å². The number of nitrogens with zero attached hydrogens (tertiary/aromatic N) is 2. The fraction of sp³-hybridized carbons (Fsp3) is 0.304. The molecule has 9 heteroatoms. The van der Waals surface area contributed by atoms with Crippen molar-refractivity contribution in [3.8, 4) is 5.75 Å². The maximum Gasteiger partial charge on any atom is 0.328 e. The zero-order valence-electron chi connectivity index (χ0n) is 17.9. The summed E-state index contributed by atoms with van der Waals surface area (Å²) < 4.78 is 6.24. The van der Waals surface area contributed by atoms with E-state index in [0.717, 1.165) is 15.9 Å². The molecule has 0 saturated carbocycles. The van der Waals surface area contributed by atoms with Crippen molar-refractivity contribution in [2.45, 2.75) is 32.5 Å². The summed E-state index contributed by atoms with van der Waals surface area (Å²) in [7, 11) is 1.60. The predicted octanol–water partition coefficient (Wildman–Crippen LogP) is 1.25. The van der Waals surface area contributed by atoms with Crippen LogP contribution in [0.5, 0.6) is 5.75 Å². The van der Waals surface area contributed by atoms with Gasteiger partial charge in [-0.2, -0.15) is 0 Å². The molecule has 32 heavy (non-hydrogen) atoms. The van der Waals surface area contributed by atoms with Crippen LogP contribution in [0.3, 0.4) is 0 Å². The molecule has 1 saturated heterocycles. The molecule has 2 amide bonds. The third-order valence-electron chi connectivity index (χ3n) is 5.70. The van der Waals surface area contributed by atoms with Gasteiger partial charge in [-0.3, -0.25) is 19.0 Å². The van der Waals surface area contributed by atoms with Gasteiger partial charge in [0.1, 0.15) is 11.8 Å². The largest absolute Gasteiger partial charge is 0.497 e. The Morgan fingerprint density at radius 3 is 2.59 bits per heavy atom. The molecule has 3 aromatic rings. The number of aromatic nitrogens is 2. The Morgan fingerprint density at radius 1 is 1.16 bits per heavy atom. The summed E-state index contributed by atoms with van der Waals surface area (Å²) in [5.74, 6) is 0.170. The van der Waals surface area contributed by atoms with Gasteiger partial charge in [-0.15, -0.1) is 0 Å². The van der Waals surface area contributed by atoms with Crippen LogP contribution in [0, 0.1) is 0 Å². The fourth-order valence-electron chi connectivity index (χ4n) is 3.91. The lowest BCUT2D eigenvalue weighted by Gasteiger charge is -2.17. The highest BCUT2D eigenvalue weighted by Gasteiger charge is 2.32. The van der Waals surface area contributed by atoms with Crippen LogP contribution in [0.2, 0.25) is 0 Å². The minimum absolute atomic E-state index is 0.144. The summed E-state index contributed by atoms with van der Waals surface area (Å²) in [6, 6.07) is 11.4. The number of fused-ring (bicyclic) bond motifs is 1. The van der Waals surface area contributed by atoms with Gasteiger partial charge in [-0.1, -0.05) is 12.1 Å². The first-order valence-electron chi connectivity index (χ1n) is 10.4. The number of hydrogen-bond acceptors (Lipinski definition) is 5.